The Morgan fingerprint density at radius 3 is 2.84 bits per heavy atom. The van der Waals surface area contributed by atoms with Gasteiger partial charge in [0, 0.05) is 10.6 Å². The number of halogens is 1. The summed E-state index contributed by atoms with van der Waals surface area (Å²) in [7, 11) is 0. The number of rotatable bonds is 4. The molecule has 6 heteroatoms. The molecule has 3 rings (SSSR count). The Morgan fingerprint density at radius 1 is 1.36 bits per heavy atom. The number of nitriles is 1. The minimum absolute atomic E-state index is 0.216. The molecule has 128 valence electrons. The molecular formula is C19H17FN2O2S. The van der Waals surface area contributed by atoms with E-state index in [4.69, 9.17) is 10.00 Å². The number of ether oxygens (including phenoxy) is 1. The van der Waals surface area contributed by atoms with E-state index in [1.54, 1.807) is 49.0 Å². The van der Waals surface area contributed by atoms with Crippen LogP contribution in [-0.4, -0.2) is 17.8 Å². The second-order valence-corrected chi connectivity index (χ2v) is 6.91. The van der Waals surface area contributed by atoms with E-state index < -0.39 is 6.10 Å². The van der Waals surface area contributed by atoms with Crippen LogP contribution in [0.1, 0.15) is 30.5 Å². The van der Waals surface area contributed by atoms with Crippen LogP contribution in [0.3, 0.4) is 0 Å². The van der Waals surface area contributed by atoms with Gasteiger partial charge in [0.1, 0.15) is 11.6 Å². The van der Waals surface area contributed by atoms with Crippen LogP contribution in [0.2, 0.25) is 0 Å². The molecule has 0 fully saturated rings. The second-order valence-electron chi connectivity index (χ2n) is 5.78. The lowest BCUT2D eigenvalue weighted by atomic mass is 10.0. The van der Waals surface area contributed by atoms with Gasteiger partial charge in [0.2, 0.25) is 0 Å². The molecule has 25 heavy (non-hydrogen) atoms. The topological polar surface area (TPSA) is 62.1 Å². The fourth-order valence-corrected chi connectivity index (χ4v) is 3.78. The molecule has 0 radical (unpaired) electrons. The number of nitrogens with zero attached hydrogens (tertiary/aromatic N) is 1. The molecule has 0 aliphatic carbocycles. The molecule has 1 aliphatic rings. The van der Waals surface area contributed by atoms with E-state index >= 15 is 0 Å². The number of amides is 1. The number of carbonyl (C=O) groups is 1. The molecule has 0 aromatic heterocycles. The predicted molar refractivity (Wildman–Crippen MR) is 93.9 cm³/mol. The Balaban J connectivity index is 1.66. The van der Waals surface area contributed by atoms with Gasteiger partial charge in [-0.15, -0.1) is 11.8 Å². The zero-order valence-electron chi connectivity index (χ0n) is 13.7. The fraction of sp³-hybridized carbons (Fsp3) is 0.263. The number of thioether (sulfide) groups is 1. The first-order valence-corrected chi connectivity index (χ1v) is 8.95. The maximum atomic E-state index is 13.5. The Bertz CT molecular complexity index is 817. The van der Waals surface area contributed by atoms with Crippen molar-refractivity contribution < 1.29 is 13.9 Å². The summed E-state index contributed by atoms with van der Waals surface area (Å²) < 4.78 is 19.2. The summed E-state index contributed by atoms with van der Waals surface area (Å²) in [5.41, 5.74) is 1.35. The van der Waals surface area contributed by atoms with Gasteiger partial charge in [-0.2, -0.15) is 5.26 Å². The lowest BCUT2D eigenvalue weighted by molar-refractivity contribution is -0.128. The van der Waals surface area contributed by atoms with Crippen molar-refractivity contribution in [1.29, 1.82) is 5.26 Å². The third-order valence-corrected chi connectivity index (χ3v) is 5.12. The predicted octanol–water partition coefficient (Wildman–Crippen LogP) is 3.82. The van der Waals surface area contributed by atoms with Crippen molar-refractivity contribution in [1.82, 2.24) is 5.32 Å². The molecule has 1 heterocycles. The SMILES string of the molecule is CC(Oc1ccc(C#N)cc1)C(=O)NC1CCSc2ccc(F)cc21. The van der Waals surface area contributed by atoms with Gasteiger partial charge < -0.3 is 10.1 Å². The van der Waals surface area contributed by atoms with Gasteiger partial charge in [0.05, 0.1) is 17.7 Å². The van der Waals surface area contributed by atoms with Gasteiger partial charge in [-0.3, -0.25) is 4.79 Å². The standard InChI is InChI=1S/C19H17FN2O2S/c1-12(24-15-5-2-13(11-21)3-6-15)19(23)22-17-8-9-25-18-7-4-14(20)10-16(17)18/h2-7,10,12,17H,8-9H2,1H3,(H,22,23). The number of benzene rings is 2. The summed E-state index contributed by atoms with van der Waals surface area (Å²) in [6.07, 6.45) is 0.0516. The first-order valence-electron chi connectivity index (χ1n) is 7.96. The van der Waals surface area contributed by atoms with Crippen molar-refractivity contribution in [3.63, 3.8) is 0 Å². The summed E-state index contributed by atoms with van der Waals surface area (Å²) >= 11 is 1.67. The molecule has 0 bridgehead atoms. The van der Waals surface area contributed by atoms with Crippen LogP contribution in [0.4, 0.5) is 4.39 Å². The zero-order chi connectivity index (χ0) is 17.8. The van der Waals surface area contributed by atoms with Gasteiger partial charge in [-0.05, 0) is 61.4 Å². The van der Waals surface area contributed by atoms with Crippen LogP contribution < -0.4 is 10.1 Å². The monoisotopic (exact) mass is 356 g/mol. The van der Waals surface area contributed by atoms with E-state index in [0.29, 0.717) is 11.3 Å². The quantitative estimate of drug-likeness (QED) is 0.905. The van der Waals surface area contributed by atoms with Crippen LogP contribution in [0.25, 0.3) is 0 Å². The molecule has 1 N–H and O–H groups in total. The van der Waals surface area contributed by atoms with Crippen molar-refractivity contribution in [3.05, 3.63) is 59.4 Å². The van der Waals surface area contributed by atoms with E-state index in [1.165, 1.54) is 12.1 Å². The first kappa shape index (κ1) is 17.3. The van der Waals surface area contributed by atoms with Gasteiger partial charge in [-0.1, -0.05) is 0 Å². The summed E-state index contributed by atoms with van der Waals surface area (Å²) in [5.74, 6) is 0.834. The van der Waals surface area contributed by atoms with E-state index in [2.05, 4.69) is 5.32 Å². The first-order chi connectivity index (χ1) is 12.1. The third-order valence-electron chi connectivity index (χ3n) is 3.99. The van der Waals surface area contributed by atoms with E-state index in [9.17, 15) is 9.18 Å². The lowest BCUT2D eigenvalue weighted by Crippen LogP contribution is -2.39. The Hall–Kier alpha value is -2.52. The van der Waals surface area contributed by atoms with Crippen LogP contribution in [0.15, 0.2) is 47.4 Å². The van der Waals surface area contributed by atoms with Crippen molar-refractivity contribution in [2.75, 3.05) is 5.75 Å². The minimum Gasteiger partial charge on any atom is -0.481 e. The van der Waals surface area contributed by atoms with Gasteiger partial charge >= 0.3 is 0 Å². The lowest BCUT2D eigenvalue weighted by Gasteiger charge is -2.27. The molecule has 0 saturated carbocycles. The fourth-order valence-electron chi connectivity index (χ4n) is 2.67. The van der Waals surface area contributed by atoms with Crippen LogP contribution in [0.5, 0.6) is 5.75 Å². The van der Waals surface area contributed by atoms with Crippen LogP contribution in [0, 0.1) is 17.1 Å². The molecule has 1 amide bonds. The molecular weight excluding hydrogens is 339 g/mol. The number of fused-ring (bicyclic) bond motifs is 1. The van der Waals surface area contributed by atoms with Gasteiger partial charge in [0.15, 0.2) is 6.10 Å². The molecule has 0 spiro atoms. The summed E-state index contributed by atoms with van der Waals surface area (Å²) in [5, 5.41) is 11.7. The Kier molecular flexibility index (Phi) is 5.25. The highest BCUT2D eigenvalue weighted by Gasteiger charge is 2.25. The summed E-state index contributed by atoms with van der Waals surface area (Å²) in [6.45, 7) is 1.66. The normalized spacial score (nSPS) is 17.1. The molecule has 2 aromatic rings. The van der Waals surface area contributed by atoms with Crippen molar-refractivity contribution >= 4 is 17.7 Å². The zero-order valence-corrected chi connectivity index (χ0v) is 14.5. The van der Waals surface area contributed by atoms with Crippen molar-refractivity contribution in [3.8, 4) is 11.8 Å². The highest BCUT2D eigenvalue weighted by molar-refractivity contribution is 7.99. The van der Waals surface area contributed by atoms with E-state index in [1.807, 2.05) is 6.07 Å². The highest BCUT2D eigenvalue weighted by atomic mass is 32.2. The molecule has 0 saturated heterocycles. The summed E-state index contributed by atoms with van der Waals surface area (Å²) in [6, 6.07) is 13.1. The number of nitrogens with one attached hydrogen (secondary N) is 1. The van der Waals surface area contributed by atoms with Crippen LogP contribution in [-0.2, 0) is 4.79 Å². The molecule has 2 aromatic carbocycles. The minimum atomic E-state index is -0.695. The molecule has 4 nitrogen and oxygen atoms in total. The van der Waals surface area contributed by atoms with Crippen molar-refractivity contribution in [2.45, 2.75) is 30.4 Å². The molecule has 1 aliphatic heterocycles. The highest BCUT2D eigenvalue weighted by Crippen LogP contribution is 2.36. The average Bonchev–Trinajstić information content (AvgIpc) is 2.62. The Labute approximate surface area is 150 Å². The van der Waals surface area contributed by atoms with E-state index in [-0.39, 0.29) is 17.8 Å². The molecule has 2 unspecified atom stereocenters. The number of carbonyl (C=O) groups excluding carboxylic acids is 1. The largest absolute Gasteiger partial charge is 0.481 e. The van der Waals surface area contributed by atoms with E-state index in [0.717, 1.165) is 22.6 Å². The van der Waals surface area contributed by atoms with Crippen LogP contribution >= 0.6 is 11.8 Å². The van der Waals surface area contributed by atoms with Gasteiger partial charge in [0.25, 0.3) is 5.91 Å². The van der Waals surface area contributed by atoms with Crippen molar-refractivity contribution in [2.24, 2.45) is 0 Å². The number of hydrogen-bond acceptors (Lipinski definition) is 4. The van der Waals surface area contributed by atoms with Gasteiger partial charge in [-0.25, -0.2) is 4.39 Å². The smallest absolute Gasteiger partial charge is 0.261 e. The average molecular weight is 356 g/mol. The number of hydrogen-bond donors (Lipinski definition) is 1. The maximum Gasteiger partial charge on any atom is 0.261 e. The summed E-state index contributed by atoms with van der Waals surface area (Å²) in [4.78, 5) is 13.4. The maximum absolute atomic E-state index is 13.5. The second kappa shape index (κ2) is 7.58. The Morgan fingerprint density at radius 2 is 2.12 bits per heavy atom. The third kappa shape index (κ3) is 4.12. The molecule has 2 atom stereocenters.